The van der Waals surface area contributed by atoms with Crippen molar-refractivity contribution >= 4 is 10.0 Å². The van der Waals surface area contributed by atoms with Crippen molar-refractivity contribution in [1.82, 2.24) is 4.72 Å². The van der Waals surface area contributed by atoms with E-state index in [9.17, 15) is 8.42 Å². The SMILES string of the molecule is CCC(CCO)CNS(=O)(=O)CCc1ccccc1. The second-order valence-corrected chi connectivity index (χ2v) is 6.62. The van der Waals surface area contributed by atoms with Crippen molar-refractivity contribution < 1.29 is 13.5 Å². The average molecular weight is 285 g/mol. The molecule has 0 aliphatic carbocycles. The van der Waals surface area contributed by atoms with Gasteiger partial charge in [0.1, 0.15) is 0 Å². The summed E-state index contributed by atoms with van der Waals surface area (Å²) in [6.45, 7) is 2.51. The van der Waals surface area contributed by atoms with Gasteiger partial charge in [-0.25, -0.2) is 13.1 Å². The van der Waals surface area contributed by atoms with Crippen LogP contribution in [-0.2, 0) is 16.4 Å². The van der Waals surface area contributed by atoms with Crippen LogP contribution in [0.2, 0.25) is 0 Å². The first kappa shape index (κ1) is 16.1. The van der Waals surface area contributed by atoms with Gasteiger partial charge in [-0.3, -0.25) is 0 Å². The van der Waals surface area contributed by atoms with Crippen molar-refractivity contribution in [2.75, 3.05) is 18.9 Å². The summed E-state index contributed by atoms with van der Waals surface area (Å²) >= 11 is 0. The molecule has 1 rings (SSSR count). The van der Waals surface area contributed by atoms with Crippen LogP contribution in [0.5, 0.6) is 0 Å². The third kappa shape index (κ3) is 6.71. The summed E-state index contributed by atoms with van der Waals surface area (Å²) in [7, 11) is -3.23. The Kier molecular flexibility index (Phi) is 7.05. The van der Waals surface area contributed by atoms with E-state index in [-0.39, 0.29) is 18.3 Å². The van der Waals surface area contributed by atoms with Gasteiger partial charge in [-0.1, -0.05) is 43.7 Å². The number of aryl methyl sites for hydroxylation is 1. The number of hydrogen-bond donors (Lipinski definition) is 2. The number of sulfonamides is 1. The van der Waals surface area contributed by atoms with Crippen LogP contribution < -0.4 is 4.72 Å². The molecule has 0 saturated heterocycles. The molecule has 108 valence electrons. The number of rotatable bonds is 9. The molecule has 0 heterocycles. The van der Waals surface area contributed by atoms with Crippen LogP contribution in [0.3, 0.4) is 0 Å². The normalized spacial score (nSPS) is 13.4. The Hall–Kier alpha value is -0.910. The zero-order valence-corrected chi connectivity index (χ0v) is 12.2. The average Bonchev–Trinajstić information content (AvgIpc) is 2.42. The molecule has 5 heteroatoms. The van der Waals surface area contributed by atoms with Gasteiger partial charge < -0.3 is 5.11 Å². The van der Waals surface area contributed by atoms with E-state index in [4.69, 9.17) is 5.11 Å². The first-order valence-electron chi connectivity index (χ1n) is 6.69. The molecule has 0 aliphatic heterocycles. The lowest BCUT2D eigenvalue weighted by atomic mass is 10.0. The van der Waals surface area contributed by atoms with Gasteiger partial charge in [-0.05, 0) is 24.3 Å². The first-order chi connectivity index (χ1) is 9.07. The van der Waals surface area contributed by atoms with Crippen molar-refractivity contribution in [3.8, 4) is 0 Å². The summed E-state index contributed by atoms with van der Waals surface area (Å²) in [5, 5.41) is 8.87. The highest BCUT2D eigenvalue weighted by Crippen LogP contribution is 2.07. The Morgan fingerprint density at radius 1 is 1.26 bits per heavy atom. The van der Waals surface area contributed by atoms with Crippen LogP contribution in [0.25, 0.3) is 0 Å². The van der Waals surface area contributed by atoms with E-state index in [1.165, 1.54) is 0 Å². The Labute approximate surface area is 115 Å². The minimum atomic E-state index is -3.23. The quantitative estimate of drug-likeness (QED) is 0.723. The summed E-state index contributed by atoms with van der Waals surface area (Å²) < 4.78 is 26.3. The smallest absolute Gasteiger partial charge is 0.211 e. The van der Waals surface area contributed by atoms with Crippen LogP contribution in [0.4, 0.5) is 0 Å². The molecule has 0 fully saturated rings. The Balaban J connectivity index is 2.39. The minimum Gasteiger partial charge on any atom is -0.396 e. The molecule has 0 spiro atoms. The minimum absolute atomic E-state index is 0.101. The highest BCUT2D eigenvalue weighted by atomic mass is 32.2. The standard InChI is InChI=1S/C14H23NO3S/c1-2-13(8-10-16)12-15-19(17,18)11-9-14-6-4-3-5-7-14/h3-7,13,15-16H,2,8-12H2,1H3. The van der Waals surface area contributed by atoms with Crippen LogP contribution in [0.15, 0.2) is 30.3 Å². The third-order valence-corrected chi connectivity index (χ3v) is 4.56. The van der Waals surface area contributed by atoms with Gasteiger partial charge in [0.05, 0.1) is 5.75 Å². The van der Waals surface area contributed by atoms with Gasteiger partial charge in [-0.15, -0.1) is 0 Å². The Morgan fingerprint density at radius 3 is 2.53 bits per heavy atom. The molecule has 1 atom stereocenters. The number of hydrogen-bond acceptors (Lipinski definition) is 3. The molecule has 0 bridgehead atoms. The molecule has 4 nitrogen and oxygen atoms in total. The maximum Gasteiger partial charge on any atom is 0.211 e. The highest BCUT2D eigenvalue weighted by Gasteiger charge is 2.13. The predicted molar refractivity (Wildman–Crippen MR) is 77.4 cm³/mol. The largest absolute Gasteiger partial charge is 0.396 e. The van der Waals surface area contributed by atoms with Gasteiger partial charge in [0, 0.05) is 13.2 Å². The van der Waals surface area contributed by atoms with E-state index in [0.29, 0.717) is 19.4 Å². The highest BCUT2D eigenvalue weighted by molar-refractivity contribution is 7.89. The van der Waals surface area contributed by atoms with Crippen molar-refractivity contribution in [3.05, 3.63) is 35.9 Å². The lowest BCUT2D eigenvalue weighted by Crippen LogP contribution is -2.32. The fourth-order valence-corrected chi connectivity index (χ4v) is 2.99. The topological polar surface area (TPSA) is 66.4 Å². The number of aliphatic hydroxyl groups excluding tert-OH is 1. The Bertz CT molecular complexity index is 445. The summed E-state index contributed by atoms with van der Waals surface area (Å²) in [5.41, 5.74) is 1.02. The zero-order chi connectivity index (χ0) is 14.1. The lowest BCUT2D eigenvalue weighted by molar-refractivity contribution is 0.254. The molecule has 0 aromatic heterocycles. The molecule has 1 aromatic carbocycles. The van der Waals surface area contributed by atoms with Gasteiger partial charge in [0.25, 0.3) is 0 Å². The van der Waals surface area contributed by atoms with Gasteiger partial charge in [0.2, 0.25) is 10.0 Å². The summed E-state index contributed by atoms with van der Waals surface area (Å²) in [6.07, 6.45) is 2.02. The van der Waals surface area contributed by atoms with E-state index >= 15 is 0 Å². The van der Waals surface area contributed by atoms with Crippen LogP contribution in [-0.4, -0.2) is 32.4 Å². The van der Waals surface area contributed by atoms with Gasteiger partial charge in [-0.2, -0.15) is 0 Å². The van der Waals surface area contributed by atoms with Crippen LogP contribution in [0.1, 0.15) is 25.3 Å². The zero-order valence-electron chi connectivity index (χ0n) is 11.4. The molecule has 2 N–H and O–H groups in total. The maximum atomic E-state index is 11.9. The molecule has 1 unspecified atom stereocenters. The first-order valence-corrected chi connectivity index (χ1v) is 8.34. The van der Waals surface area contributed by atoms with Crippen molar-refractivity contribution in [3.63, 3.8) is 0 Å². The van der Waals surface area contributed by atoms with E-state index in [1.807, 2.05) is 37.3 Å². The summed E-state index contributed by atoms with van der Waals surface area (Å²) in [6, 6.07) is 9.58. The van der Waals surface area contributed by atoms with Crippen LogP contribution >= 0.6 is 0 Å². The second-order valence-electron chi connectivity index (χ2n) is 4.69. The summed E-state index contributed by atoms with van der Waals surface area (Å²) in [4.78, 5) is 0. The molecule has 0 amide bonds. The fourth-order valence-electron chi connectivity index (χ4n) is 1.85. The van der Waals surface area contributed by atoms with Gasteiger partial charge in [0.15, 0.2) is 0 Å². The van der Waals surface area contributed by atoms with Crippen molar-refractivity contribution in [2.45, 2.75) is 26.2 Å². The number of aliphatic hydroxyl groups is 1. The van der Waals surface area contributed by atoms with Gasteiger partial charge >= 0.3 is 0 Å². The van der Waals surface area contributed by atoms with Crippen molar-refractivity contribution in [2.24, 2.45) is 5.92 Å². The molecular weight excluding hydrogens is 262 g/mol. The van der Waals surface area contributed by atoms with E-state index in [2.05, 4.69) is 4.72 Å². The fraction of sp³-hybridized carbons (Fsp3) is 0.571. The molecule has 0 radical (unpaired) electrons. The molecular formula is C14H23NO3S. The monoisotopic (exact) mass is 285 g/mol. The number of benzene rings is 1. The lowest BCUT2D eigenvalue weighted by Gasteiger charge is -2.14. The van der Waals surface area contributed by atoms with E-state index < -0.39 is 10.0 Å². The second kappa shape index (κ2) is 8.30. The molecule has 1 aromatic rings. The predicted octanol–water partition coefficient (Wildman–Crippen LogP) is 1.56. The molecule has 0 saturated carbocycles. The third-order valence-electron chi connectivity index (χ3n) is 3.21. The Morgan fingerprint density at radius 2 is 1.95 bits per heavy atom. The molecule has 19 heavy (non-hydrogen) atoms. The summed E-state index contributed by atoms with van der Waals surface area (Å²) in [5.74, 6) is 0.309. The number of nitrogens with one attached hydrogen (secondary N) is 1. The molecule has 0 aliphatic rings. The van der Waals surface area contributed by atoms with E-state index in [0.717, 1.165) is 12.0 Å². The van der Waals surface area contributed by atoms with Crippen LogP contribution in [0, 0.1) is 5.92 Å². The maximum absolute atomic E-state index is 11.9. The van der Waals surface area contributed by atoms with E-state index in [1.54, 1.807) is 0 Å². The van der Waals surface area contributed by atoms with Crippen molar-refractivity contribution in [1.29, 1.82) is 0 Å².